The number of carbonyl (C=O) groups excluding carboxylic acids is 1. The largest absolute Gasteiger partial charge is 0.494 e. The van der Waals surface area contributed by atoms with Gasteiger partial charge in [-0.05, 0) is 61.7 Å². The first-order chi connectivity index (χ1) is 13.1. The van der Waals surface area contributed by atoms with Gasteiger partial charge < -0.3 is 15.4 Å². The molecule has 0 fully saturated rings. The number of nitrogens with one attached hydrogen (secondary N) is 2. The normalized spacial score (nSPS) is 10.5. The van der Waals surface area contributed by atoms with Crippen molar-refractivity contribution in [3.63, 3.8) is 0 Å². The molecule has 4 nitrogen and oxygen atoms in total. The number of rotatable bonds is 11. The van der Waals surface area contributed by atoms with Crippen molar-refractivity contribution in [2.75, 3.05) is 23.8 Å². The molecule has 0 heterocycles. The van der Waals surface area contributed by atoms with E-state index in [0.29, 0.717) is 0 Å². The number of hydrogen-bond donors (Lipinski definition) is 2. The van der Waals surface area contributed by atoms with E-state index in [4.69, 9.17) is 4.74 Å². The van der Waals surface area contributed by atoms with Crippen LogP contribution in [0.1, 0.15) is 50.2 Å². The molecule has 0 aliphatic rings. The van der Waals surface area contributed by atoms with Crippen LogP contribution in [0.4, 0.5) is 11.4 Å². The summed E-state index contributed by atoms with van der Waals surface area (Å²) in [5.74, 6) is 0.775. The molecule has 2 aromatic rings. The molecule has 2 aromatic carbocycles. The SMILES string of the molecule is CCCCCCCOc1ccc(NC(=O)CNc2cccc(C)c2C)cc1. The molecule has 0 unspecified atom stereocenters. The van der Waals surface area contributed by atoms with Crippen molar-refractivity contribution in [2.24, 2.45) is 0 Å². The molecule has 0 saturated heterocycles. The van der Waals surface area contributed by atoms with E-state index in [1.54, 1.807) is 0 Å². The molecule has 0 bridgehead atoms. The molecular formula is C23H32N2O2. The molecular weight excluding hydrogens is 336 g/mol. The van der Waals surface area contributed by atoms with Gasteiger partial charge in [0.1, 0.15) is 5.75 Å². The van der Waals surface area contributed by atoms with Gasteiger partial charge in [-0.2, -0.15) is 0 Å². The number of amides is 1. The number of aryl methyl sites for hydroxylation is 1. The molecule has 2 N–H and O–H groups in total. The van der Waals surface area contributed by atoms with E-state index in [9.17, 15) is 4.79 Å². The lowest BCUT2D eigenvalue weighted by molar-refractivity contribution is -0.114. The minimum Gasteiger partial charge on any atom is -0.494 e. The molecule has 0 atom stereocenters. The van der Waals surface area contributed by atoms with Gasteiger partial charge in [0, 0.05) is 11.4 Å². The first kappa shape index (κ1) is 20.8. The summed E-state index contributed by atoms with van der Waals surface area (Å²) in [4.78, 5) is 12.2. The summed E-state index contributed by atoms with van der Waals surface area (Å²) < 4.78 is 5.75. The summed E-state index contributed by atoms with van der Waals surface area (Å²) >= 11 is 0. The van der Waals surface area contributed by atoms with Crippen LogP contribution in [0.2, 0.25) is 0 Å². The van der Waals surface area contributed by atoms with Crippen molar-refractivity contribution < 1.29 is 9.53 Å². The van der Waals surface area contributed by atoms with E-state index in [0.717, 1.165) is 30.2 Å². The smallest absolute Gasteiger partial charge is 0.243 e. The lowest BCUT2D eigenvalue weighted by Gasteiger charge is -2.12. The number of anilines is 2. The fourth-order valence-electron chi connectivity index (χ4n) is 2.85. The van der Waals surface area contributed by atoms with E-state index >= 15 is 0 Å². The number of hydrogen-bond acceptors (Lipinski definition) is 3. The summed E-state index contributed by atoms with van der Waals surface area (Å²) in [5, 5.41) is 6.10. The molecule has 2 rings (SSSR count). The maximum atomic E-state index is 12.2. The number of unbranched alkanes of at least 4 members (excludes halogenated alkanes) is 4. The second-order valence-electron chi connectivity index (χ2n) is 6.94. The number of carbonyl (C=O) groups is 1. The highest BCUT2D eigenvalue weighted by Crippen LogP contribution is 2.18. The van der Waals surface area contributed by atoms with E-state index in [1.165, 1.54) is 36.8 Å². The molecule has 1 amide bonds. The highest BCUT2D eigenvalue weighted by molar-refractivity contribution is 5.93. The van der Waals surface area contributed by atoms with Gasteiger partial charge in [-0.25, -0.2) is 0 Å². The molecule has 4 heteroatoms. The van der Waals surface area contributed by atoms with E-state index < -0.39 is 0 Å². The van der Waals surface area contributed by atoms with Crippen LogP contribution in [-0.2, 0) is 4.79 Å². The van der Waals surface area contributed by atoms with Crippen molar-refractivity contribution >= 4 is 17.3 Å². The molecule has 0 aliphatic carbocycles. The van der Waals surface area contributed by atoms with Crippen LogP contribution in [0.3, 0.4) is 0 Å². The first-order valence-electron chi connectivity index (χ1n) is 9.93. The number of benzene rings is 2. The minimum absolute atomic E-state index is 0.0690. The Morgan fingerprint density at radius 3 is 2.44 bits per heavy atom. The maximum absolute atomic E-state index is 12.2. The summed E-state index contributed by atoms with van der Waals surface area (Å²) in [5.41, 5.74) is 4.15. The van der Waals surface area contributed by atoms with Gasteiger partial charge >= 0.3 is 0 Å². The van der Waals surface area contributed by atoms with Crippen LogP contribution in [0, 0.1) is 13.8 Å². The van der Waals surface area contributed by atoms with E-state index in [-0.39, 0.29) is 12.5 Å². The number of ether oxygens (including phenoxy) is 1. The Morgan fingerprint density at radius 2 is 1.70 bits per heavy atom. The highest BCUT2D eigenvalue weighted by atomic mass is 16.5. The third kappa shape index (κ3) is 7.33. The Balaban J connectivity index is 1.72. The standard InChI is InChI=1S/C23H32N2O2/c1-4-5-6-7-8-16-27-21-14-12-20(13-15-21)25-23(26)17-24-22-11-9-10-18(2)19(22)3/h9-15,24H,4-8,16-17H2,1-3H3,(H,25,26). The van der Waals surface area contributed by atoms with Crippen LogP contribution in [0.25, 0.3) is 0 Å². The lowest BCUT2D eigenvalue weighted by Crippen LogP contribution is -2.22. The van der Waals surface area contributed by atoms with E-state index in [1.807, 2.05) is 36.4 Å². The zero-order valence-electron chi connectivity index (χ0n) is 16.8. The Morgan fingerprint density at radius 1 is 0.963 bits per heavy atom. The Kier molecular flexibility index (Phi) is 8.69. The summed E-state index contributed by atoms with van der Waals surface area (Å²) in [6.45, 7) is 7.32. The molecule has 146 valence electrons. The second-order valence-corrected chi connectivity index (χ2v) is 6.94. The van der Waals surface area contributed by atoms with Gasteiger partial charge in [0.15, 0.2) is 0 Å². The van der Waals surface area contributed by atoms with Crippen LogP contribution in [0.15, 0.2) is 42.5 Å². The average Bonchev–Trinajstić information content (AvgIpc) is 2.67. The van der Waals surface area contributed by atoms with Crippen molar-refractivity contribution in [1.29, 1.82) is 0 Å². The van der Waals surface area contributed by atoms with Crippen LogP contribution < -0.4 is 15.4 Å². The predicted molar refractivity (Wildman–Crippen MR) is 114 cm³/mol. The van der Waals surface area contributed by atoms with Gasteiger partial charge in [-0.3, -0.25) is 4.79 Å². The topological polar surface area (TPSA) is 50.4 Å². The monoisotopic (exact) mass is 368 g/mol. The zero-order chi connectivity index (χ0) is 19.5. The van der Waals surface area contributed by atoms with Gasteiger partial charge in [0.05, 0.1) is 13.2 Å². The van der Waals surface area contributed by atoms with Gasteiger partial charge in [0.25, 0.3) is 0 Å². The van der Waals surface area contributed by atoms with Crippen molar-refractivity contribution in [1.82, 2.24) is 0 Å². The Hall–Kier alpha value is -2.49. The molecule has 0 spiro atoms. The summed E-state index contributed by atoms with van der Waals surface area (Å²) in [6.07, 6.45) is 6.14. The first-order valence-corrected chi connectivity index (χ1v) is 9.93. The molecule has 0 saturated carbocycles. The highest BCUT2D eigenvalue weighted by Gasteiger charge is 2.05. The quantitative estimate of drug-likeness (QED) is 0.500. The van der Waals surface area contributed by atoms with Crippen molar-refractivity contribution in [3.8, 4) is 5.75 Å². The molecule has 0 aliphatic heterocycles. The molecule has 0 radical (unpaired) electrons. The molecule has 0 aromatic heterocycles. The third-order valence-corrected chi connectivity index (χ3v) is 4.70. The van der Waals surface area contributed by atoms with Crippen molar-refractivity contribution in [2.45, 2.75) is 52.9 Å². The summed E-state index contributed by atoms with van der Waals surface area (Å²) in [7, 11) is 0. The fourth-order valence-corrected chi connectivity index (χ4v) is 2.85. The Bertz CT molecular complexity index is 711. The average molecular weight is 369 g/mol. The van der Waals surface area contributed by atoms with Crippen molar-refractivity contribution in [3.05, 3.63) is 53.6 Å². The van der Waals surface area contributed by atoms with Gasteiger partial charge in [-0.15, -0.1) is 0 Å². The van der Waals surface area contributed by atoms with E-state index in [2.05, 4.69) is 37.5 Å². The second kappa shape index (κ2) is 11.3. The van der Waals surface area contributed by atoms with Crippen LogP contribution >= 0.6 is 0 Å². The maximum Gasteiger partial charge on any atom is 0.243 e. The van der Waals surface area contributed by atoms with Crippen LogP contribution in [0.5, 0.6) is 5.75 Å². The zero-order valence-corrected chi connectivity index (χ0v) is 16.8. The lowest BCUT2D eigenvalue weighted by atomic mass is 10.1. The van der Waals surface area contributed by atoms with Gasteiger partial charge in [0.2, 0.25) is 5.91 Å². The Labute approximate surface area is 163 Å². The molecule has 27 heavy (non-hydrogen) atoms. The predicted octanol–water partition coefficient (Wildman–Crippen LogP) is 5.70. The third-order valence-electron chi connectivity index (χ3n) is 4.70. The van der Waals surface area contributed by atoms with Gasteiger partial charge in [-0.1, -0.05) is 44.7 Å². The summed E-state index contributed by atoms with van der Waals surface area (Å²) in [6, 6.07) is 13.6. The minimum atomic E-state index is -0.0690. The fraction of sp³-hybridized carbons (Fsp3) is 0.435. The van der Waals surface area contributed by atoms with Crippen LogP contribution in [-0.4, -0.2) is 19.1 Å².